The minimum absolute atomic E-state index is 0.265. The number of benzene rings is 2. The van der Waals surface area contributed by atoms with Gasteiger partial charge < -0.3 is 24.3 Å². The molecule has 0 fully saturated rings. The van der Waals surface area contributed by atoms with Gasteiger partial charge in [-0.1, -0.05) is 126 Å². The van der Waals surface area contributed by atoms with Crippen molar-refractivity contribution < 1.29 is 23.4 Å². The van der Waals surface area contributed by atoms with E-state index in [-0.39, 0.29) is 12.5 Å². The third-order valence-electron chi connectivity index (χ3n) is 10.6. The van der Waals surface area contributed by atoms with Crippen molar-refractivity contribution in [3.05, 3.63) is 78.9 Å². The molecule has 1 unspecified atom stereocenters. The van der Waals surface area contributed by atoms with Crippen molar-refractivity contribution in [2.75, 3.05) is 12.1 Å². The number of hydrogen-bond acceptors (Lipinski definition) is 9. The second kappa shape index (κ2) is 25.5. The summed E-state index contributed by atoms with van der Waals surface area (Å²) in [6, 6.07) is 10.9. The normalized spacial score (nSPS) is 14.4. The average Bonchev–Trinajstić information content (AvgIpc) is 3.63. The lowest BCUT2D eigenvalue weighted by atomic mass is 9.96. The first-order valence-corrected chi connectivity index (χ1v) is 24.0. The lowest BCUT2D eigenvalue weighted by Crippen LogP contribution is -2.37. The number of rotatable bonds is 30. The van der Waals surface area contributed by atoms with Crippen molar-refractivity contribution >= 4 is 41.2 Å². The van der Waals surface area contributed by atoms with Gasteiger partial charge in [-0.3, -0.25) is 9.36 Å². The highest BCUT2D eigenvalue weighted by molar-refractivity contribution is 7.57. The van der Waals surface area contributed by atoms with Crippen LogP contribution in [-0.4, -0.2) is 50.1 Å². The van der Waals surface area contributed by atoms with Crippen LogP contribution in [0.4, 0.5) is 5.82 Å². The lowest BCUT2D eigenvalue weighted by molar-refractivity contribution is -0.150. The number of esters is 1. The van der Waals surface area contributed by atoms with E-state index >= 15 is 0 Å². The molecule has 2 heterocycles. The van der Waals surface area contributed by atoms with Gasteiger partial charge in [0.05, 0.1) is 25.1 Å². The van der Waals surface area contributed by atoms with E-state index in [0.29, 0.717) is 29.3 Å². The highest BCUT2D eigenvalue weighted by Crippen LogP contribution is 2.46. The van der Waals surface area contributed by atoms with Crippen molar-refractivity contribution in [1.82, 2.24) is 24.6 Å². The summed E-state index contributed by atoms with van der Waals surface area (Å²) < 4.78 is 34.8. The molecule has 4 rings (SSSR count). The Balaban J connectivity index is 1.34. The summed E-state index contributed by atoms with van der Waals surface area (Å²) in [5.74, 6) is 0.224. The number of hydrogen-bond donors (Lipinski definition) is 2. The Kier molecular flexibility index (Phi) is 20.6. The molecule has 324 valence electrons. The summed E-state index contributed by atoms with van der Waals surface area (Å²) in [5.41, 5.74) is 9.39. The van der Waals surface area contributed by atoms with Gasteiger partial charge in [-0.05, 0) is 89.2 Å². The van der Waals surface area contributed by atoms with E-state index in [4.69, 9.17) is 19.7 Å². The summed E-state index contributed by atoms with van der Waals surface area (Å²) in [4.78, 5) is 25.8. The number of nitrogens with zero attached hydrogens (tertiary/aromatic N) is 4. The molecule has 12 heteroatoms. The number of ether oxygens (including phenoxy) is 2. The van der Waals surface area contributed by atoms with Crippen LogP contribution in [0, 0.1) is 0 Å². The van der Waals surface area contributed by atoms with Gasteiger partial charge >= 0.3 is 13.5 Å². The molecular weight excluding hydrogens is 760 g/mol. The molecule has 0 aliphatic carbocycles. The maximum atomic E-state index is 14.8. The van der Waals surface area contributed by atoms with Gasteiger partial charge in [0.2, 0.25) is 0 Å². The number of fused-ring (bicyclic) bond motifs is 2. The molecular formula is C47H71N6O5P. The molecule has 0 radical (unpaired) electrons. The zero-order valence-corrected chi connectivity index (χ0v) is 37.4. The first-order valence-electron chi connectivity index (χ1n) is 22.2. The number of imidazole rings is 1. The zero-order valence-electron chi connectivity index (χ0n) is 36.5. The molecule has 0 spiro atoms. The number of unbranched alkanes of at least 4 members (excludes halogenated alkanes) is 11. The van der Waals surface area contributed by atoms with Crippen molar-refractivity contribution in [3.63, 3.8) is 0 Å². The molecule has 11 nitrogen and oxygen atoms in total. The number of anilines is 1. The Hall–Kier alpha value is -4.05. The summed E-state index contributed by atoms with van der Waals surface area (Å²) in [5, 5.41) is 4.80. The fraction of sp³-hybridized carbons (Fsp3) is 0.574. The monoisotopic (exact) mass is 831 g/mol. The maximum absolute atomic E-state index is 14.8. The fourth-order valence-electron chi connectivity index (χ4n) is 7.32. The first-order chi connectivity index (χ1) is 28.5. The number of nitrogen functional groups attached to an aromatic ring is 1. The minimum Gasteiger partial charge on any atom is -0.462 e. The number of carbonyl (C=O) groups is 1. The Bertz CT molecular complexity index is 1960. The van der Waals surface area contributed by atoms with Gasteiger partial charge in [-0.2, -0.15) is 0 Å². The van der Waals surface area contributed by atoms with Crippen LogP contribution in [0.5, 0.6) is 5.75 Å². The quantitative estimate of drug-likeness (QED) is 0.0225. The first kappa shape index (κ1) is 47.6. The Labute approximate surface area is 353 Å². The van der Waals surface area contributed by atoms with E-state index in [1.165, 1.54) is 89.0 Å². The zero-order chi connectivity index (χ0) is 42.5. The van der Waals surface area contributed by atoms with Crippen LogP contribution in [0.3, 0.4) is 0 Å². The standard InChI is InChI=1S/C47H71N6O5P/c1-7-9-10-11-12-13-14-15-16-17-18-19-20-21-22-26-36(3)31-40-29-30-43(42-28-24-23-27-41(40)42)58-59(55,52-39(6)47(54)57-37(4)25-8-2)35-56-38(5)32-53-34-51-44-45(48)49-33-50-46(44)53/h15-16,23-24,27-30,33-34,37-39H,3,7-14,17-22,25-26,31-32,35H2,1-2,4-6H3,(H,52,55)(H2,48,49,50)/b16-15-/t37-,38+,39-,59?/m0/s1. The summed E-state index contributed by atoms with van der Waals surface area (Å²) in [6.45, 7) is 14.4. The largest absolute Gasteiger partial charge is 0.462 e. The smallest absolute Gasteiger partial charge is 0.342 e. The van der Waals surface area contributed by atoms with Crippen LogP contribution < -0.4 is 15.3 Å². The third-order valence-corrected chi connectivity index (χ3v) is 12.4. The highest BCUT2D eigenvalue weighted by atomic mass is 31.2. The van der Waals surface area contributed by atoms with E-state index < -0.39 is 25.6 Å². The van der Waals surface area contributed by atoms with Crippen LogP contribution in [0.15, 0.2) is 73.4 Å². The Morgan fingerprint density at radius 1 is 0.864 bits per heavy atom. The van der Waals surface area contributed by atoms with E-state index in [9.17, 15) is 9.36 Å². The van der Waals surface area contributed by atoms with E-state index in [2.05, 4.69) is 51.8 Å². The number of aromatic nitrogens is 4. The van der Waals surface area contributed by atoms with Crippen molar-refractivity contribution in [1.29, 1.82) is 0 Å². The summed E-state index contributed by atoms with van der Waals surface area (Å²) in [6.07, 6.45) is 26.8. The molecule has 3 N–H and O–H groups in total. The van der Waals surface area contributed by atoms with Gasteiger partial charge in [0.15, 0.2) is 11.5 Å². The Morgan fingerprint density at radius 2 is 1.54 bits per heavy atom. The Morgan fingerprint density at radius 3 is 2.25 bits per heavy atom. The molecule has 2 aromatic heterocycles. The van der Waals surface area contributed by atoms with Crippen molar-refractivity contribution in [3.8, 4) is 5.75 Å². The van der Waals surface area contributed by atoms with E-state index in [1.54, 1.807) is 13.3 Å². The topological polar surface area (TPSA) is 143 Å². The van der Waals surface area contributed by atoms with E-state index in [1.807, 2.05) is 55.7 Å². The summed E-state index contributed by atoms with van der Waals surface area (Å²) in [7, 11) is -3.86. The van der Waals surface area contributed by atoms with Crippen molar-refractivity contribution in [2.45, 2.75) is 169 Å². The predicted molar refractivity (Wildman–Crippen MR) is 243 cm³/mol. The van der Waals surface area contributed by atoms with Crippen molar-refractivity contribution in [2.24, 2.45) is 0 Å². The van der Waals surface area contributed by atoms with E-state index in [0.717, 1.165) is 48.4 Å². The van der Waals surface area contributed by atoms with Crippen LogP contribution in [0.2, 0.25) is 0 Å². The van der Waals surface area contributed by atoms with Gasteiger partial charge in [0.25, 0.3) is 0 Å². The molecule has 4 aromatic rings. The highest BCUT2D eigenvalue weighted by Gasteiger charge is 2.33. The number of carbonyl (C=O) groups excluding carboxylic acids is 1. The van der Waals surface area contributed by atoms with Crippen LogP contribution in [0.25, 0.3) is 21.9 Å². The van der Waals surface area contributed by atoms with Gasteiger partial charge in [0.1, 0.15) is 30.0 Å². The van der Waals surface area contributed by atoms with Crippen LogP contribution >= 0.6 is 7.52 Å². The second-order valence-electron chi connectivity index (χ2n) is 16.1. The SMILES string of the molecule is C=C(CCCCCCC/C=C\CCCCCCCC)Cc1ccc(OP(=O)(CO[C@H](C)Cn2cnc3c(N)ncnc32)N[C@@H](C)C(=O)O[C@@H](C)CCC)c2ccccc12. The molecule has 2 aromatic carbocycles. The molecule has 0 bridgehead atoms. The minimum atomic E-state index is -3.86. The number of nitrogens with two attached hydrogens (primary N) is 1. The molecule has 4 atom stereocenters. The molecule has 0 aliphatic heterocycles. The average molecular weight is 831 g/mol. The molecule has 0 amide bonds. The third kappa shape index (κ3) is 16.2. The fourth-order valence-corrected chi connectivity index (χ4v) is 9.12. The second-order valence-corrected chi connectivity index (χ2v) is 18.2. The molecule has 0 aliphatic rings. The van der Waals surface area contributed by atoms with Gasteiger partial charge in [0, 0.05) is 5.39 Å². The molecule has 59 heavy (non-hydrogen) atoms. The van der Waals surface area contributed by atoms with Crippen LogP contribution in [-0.2, 0) is 31.8 Å². The van der Waals surface area contributed by atoms with Gasteiger partial charge in [-0.15, -0.1) is 0 Å². The molecule has 0 saturated heterocycles. The maximum Gasteiger partial charge on any atom is 0.342 e. The number of nitrogens with one attached hydrogen (secondary N) is 1. The summed E-state index contributed by atoms with van der Waals surface area (Å²) >= 11 is 0. The van der Waals surface area contributed by atoms with Gasteiger partial charge in [-0.25, -0.2) is 20.0 Å². The predicted octanol–water partition coefficient (Wildman–Crippen LogP) is 12.0. The lowest BCUT2D eigenvalue weighted by Gasteiger charge is -2.26. The molecule has 0 saturated carbocycles. The van der Waals surface area contributed by atoms with Crippen LogP contribution in [0.1, 0.15) is 143 Å². The number of allylic oxidation sites excluding steroid dienone is 3.